The van der Waals surface area contributed by atoms with Crippen LogP contribution in [0.2, 0.25) is 0 Å². The van der Waals surface area contributed by atoms with Crippen molar-refractivity contribution in [2.24, 2.45) is 0 Å². The van der Waals surface area contributed by atoms with Crippen LogP contribution < -0.4 is 5.32 Å². The predicted octanol–water partition coefficient (Wildman–Crippen LogP) is 3.84. The zero-order valence-corrected chi connectivity index (χ0v) is 15.2. The van der Waals surface area contributed by atoms with E-state index in [4.69, 9.17) is 5.11 Å². The number of aromatic carboxylic acids is 1. The van der Waals surface area contributed by atoms with E-state index < -0.39 is 5.97 Å². The molecule has 2 aromatic rings. The number of carbonyl (C=O) groups is 2. The summed E-state index contributed by atoms with van der Waals surface area (Å²) in [6.07, 6.45) is 3.68. The molecule has 5 nitrogen and oxygen atoms in total. The van der Waals surface area contributed by atoms with Gasteiger partial charge in [0.15, 0.2) is 0 Å². The van der Waals surface area contributed by atoms with Gasteiger partial charge in [0, 0.05) is 6.42 Å². The normalized spacial score (nSPS) is 17.6. The topological polar surface area (TPSA) is 79.3 Å². The van der Waals surface area contributed by atoms with Crippen LogP contribution in [0.3, 0.4) is 0 Å². The highest BCUT2D eigenvalue weighted by molar-refractivity contribution is 7.13. The summed E-state index contributed by atoms with van der Waals surface area (Å²) < 4.78 is 0. The van der Waals surface area contributed by atoms with Crippen molar-refractivity contribution in [3.05, 3.63) is 51.0 Å². The Morgan fingerprint density at radius 2 is 2.16 bits per heavy atom. The Labute approximate surface area is 151 Å². The van der Waals surface area contributed by atoms with Gasteiger partial charge in [0.25, 0.3) is 0 Å². The zero-order chi connectivity index (χ0) is 18.0. The lowest BCUT2D eigenvalue weighted by Crippen LogP contribution is -2.28. The third kappa shape index (κ3) is 3.90. The Morgan fingerprint density at radius 1 is 1.40 bits per heavy atom. The van der Waals surface area contributed by atoms with Crippen molar-refractivity contribution >= 4 is 23.2 Å². The van der Waals surface area contributed by atoms with Gasteiger partial charge in [0.05, 0.1) is 11.7 Å². The van der Waals surface area contributed by atoms with Crippen LogP contribution in [0.5, 0.6) is 0 Å². The summed E-state index contributed by atoms with van der Waals surface area (Å²) in [5, 5.41) is 12.7. The second kappa shape index (κ2) is 7.35. The van der Waals surface area contributed by atoms with E-state index in [1.165, 1.54) is 11.1 Å². The van der Waals surface area contributed by atoms with Gasteiger partial charge in [-0.15, -0.1) is 11.3 Å². The van der Waals surface area contributed by atoms with E-state index in [1.807, 2.05) is 19.1 Å². The Bertz CT molecular complexity index is 800. The summed E-state index contributed by atoms with van der Waals surface area (Å²) in [6.45, 7) is 3.52. The van der Waals surface area contributed by atoms with Gasteiger partial charge in [-0.05, 0) is 50.2 Å². The molecule has 1 heterocycles. The number of carboxylic acids is 1. The van der Waals surface area contributed by atoms with Crippen LogP contribution in [0.15, 0.2) is 24.3 Å². The molecule has 0 saturated heterocycles. The maximum Gasteiger partial charge on any atom is 0.347 e. The number of carboxylic acid groups (broad SMARTS) is 1. The van der Waals surface area contributed by atoms with E-state index in [1.54, 1.807) is 6.92 Å². The number of nitrogens with one attached hydrogen (secondary N) is 1. The van der Waals surface area contributed by atoms with Crippen LogP contribution in [-0.4, -0.2) is 22.0 Å². The van der Waals surface area contributed by atoms with Gasteiger partial charge < -0.3 is 10.4 Å². The third-order valence-corrected chi connectivity index (χ3v) is 6.01. The molecule has 6 heteroatoms. The second-order valence-electron chi connectivity index (χ2n) is 6.55. The van der Waals surface area contributed by atoms with Gasteiger partial charge >= 0.3 is 5.97 Å². The molecule has 0 aliphatic heterocycles. The predicted molar refractivity (Wildman–Crippen MR) is 97.1 cm³/mol. The number of nitrogens with zero attached hydrogens (tertiary/aromatic N) is 1. The van der Waals surface area contributed by atoms with Gasteiger partial charge in [0.1, 0.15) is 9.88 Å². The number of amides is 1. The van der Waals surface area contributed by atoms with Gasteiger partial charge in [-0.3, -0.25) is 4.79 Å². The Balaban J connectivity index is 1.65. The average molecular weight is 358 g/mol. The molecule has 1 aliphatic rings. The zero-order valence-electron chi connectivity index (χ0n) is 14.4. The molecular weight excluding hydrogens is 336 g/mol. The van der Waals surface area contributed by atoms with Crippen LogP contribution in [0.25, 0.3) is 0 Å². The van der Waals surface area contributed by atoms with E-state index >= 15 is 0 Å². The fourth-order valence-corrected chi connectivity index (χ4v) is 4.36. The van der Waals surface area contributed by atoms with Crippen molar-refractivity contribution in [2.75, 3.05) is 0 Å². The van der Waals surface area contributed by atoms with Crippen molar-refractivity contribution < 1.29 is 14.7 Å². The first-order chi connectivity index (χ1) is 12.0. The molecule has 1 amide bonds. The van der Waals surface area contributed by atoms with Crippen LogP contribution in [0.4, 0.5) is 0 Å². The second-order valence-corrected chi connectivity index (χ2v) is 7.58. The molecule has 132 valence electrons. The maximum atomic E-state index is 12.5. The number of fused-ring (bicyclic) bond motifs is 1. The molecular formula is C19H22N2O3S. The highest BCUT2D eigenvalue weighted by atomic mass is 32.1. The van der Waals surface area contributed by atoms with Crippen LogP contribution in [0.1, 0.15) is 69.6 Å². The maximum absolute atomic E-state index is 12.5. The summed E-state index contributed by atoms with van der Waals surface area (Å²) in [6, 6.07) is 8.06. The molecule has 2 atom stereocenters. The van der Waals surface area contributed by atoms with Crippen molar-refractivity contribution in [2.45, 2.75) is 51.5 Å². The largest absolute Gasteiger partial charge is 0.477 e. The lowest BCUT2D eigenvalue weighted by Gasteiger charge is -2.25. The minimum atomic E-state index is -0.974. The smallest absolute Gasteiger partial charge is 0.347 e. The van der Waals surface area contributed by atoms with E-state index in [-0.39, 0.29) is 22.7 Å². The molecule has 0 bridgehead atoms. The van der Waals surface area contributed by atoms with Crippen molar-refractivity contribution in [1.82, 2.24) is 10.3 Å². The number of hydrogen-bond acceptors (Lipinski definition) is 4. The molecule has 25 heavy (non-hydrogen) atoms. The molecule has 1 aliphatic carbocycles. The number of carbonyl (C=O) groups excluding carboxylic acids is 1. The van der Waals surface area contributed by atoms with E-state index in [0.29, 0.717) is 17.1 Å². The van der Waals surface area contributed by atoms with Crippen LogP contribution in [-0.2, 0) is 11.2 Å². The molecule has 1 aromatic carbocycles. The van der Waals surface area contributed by atoms with Crippen LogP contribution >= 0.6 is 11.3 Å². The molecule has 0 fully saturated rings. The SMILES string of the molecule is Cc1nc(C(C)NC(=O)CC2CCCc3ccccc32)sc1C(=O)O. The molecule has 0 radical (unpaired) electrons. The highest BCUT2D eigenvalue weighted by Gasteiger charge is 2.24. The Kier molecular flexibility index (Phi) is 5.18. The van der Waals surface area contributed by atoms with Gasteiger partial charge in [-0.25, -0.2) is 9.78 Å². The first-order valence-electron chi connectivity index (χ1n) is 8.53. The number of hydrogen-bond donors (Lipinski definition) is 2. The molecule has 0 saturated carbocycles. The standard InChI is InChI=1S/C19H22N2O3S/c1-11-17(19(23)24)25-18(21-11)12(2)20-16(22)10-14-8-5-7-13-6-3-4-9-15(13)14/h3-4,6,9,12,14H,5,7-8,10H2,1-2H3,(H,20,22)(H,23,24). The third-order valence-electron chi connectivity index (χ3n) is 4.68. The van der Waals surface area contributed by atoms with Crippen molar-refractivity contribution in [3.63, 3.8) is 0 Å². The number of aromatic nitrogens is 1. The Hall–Kier alpha value is -2.21. The molecule has 2 unspecified atom stereocenters. The first kappa shape index (κ1) is 17.6. The van der Waals surface area contributed by atoms with Gasteiger partial charge in [-0.2, -0.15) is 0 Å². The van der Waals surface area contributed by atoms with Crippen molar-refractivity contribution in [3.8, 4) is 0 Å². The lowest BCUT2D eigenvalue weighted by molar-refractivity contribution is -0.122. The fourth-order valence-electron chi connectivity index (χ4n) is 3.45. The van der Waals surface area contributed by atoms with E-state index in [9.17, 15) is 9.59 Å². The summed E-state index contributed by atoms with van der Waals surface area (Å²) >= 11 is 1.13. The number of aryl methyl sites for hydroxylation is 2. The highest BCUT2D eigenvalue weighted by Crippen LogP contribution is 2.34. The number of rotatable bonds is 5. The molecule has 3 rings (SSSR count). The lowest BCUT2D eigenvalue weighted by atomic mass is 9.81. The minimum absolute atomic E-state index is 0.0149. The van der Waals surface area contributed by atoms with Crippen molar-refractivity contribution in [1.29, 1.82) is 0 Å². The van der Waals surface area contributed by atoms with Crippen LogP contribution in [0, 0.1) is 6.92 Å². The van der Waals surface area contributed by atoms with Gasteiger partial charge in [-0.1, -0.05) is 24.3 Å². The summed E-state index contributed by atoms with van der Waals surface area (Å²) in [5.41, 5.74) is 3.13. The van der Waals surface area contributed by atoms with E-state index in [0.717, 1.165) is 30.6 Å². The molecule has 2 N–H and O–H groups in total. The summed E-state index contributed by atoms with van der Waals surface area (Å²) in [7, 11) is 0. The van der Waals surface area contributed by atoms with E-state index in [2.05, 4.69) is 22.4 Å². The molecule has 1 aromatic heterocycles. The summed E-state index contributed by atoms with van der Waals surface area (Å²) in [5.74, 6) is -0.734. The fraction of sp³-hybridized carbons (Fsp3) is 0.421. The monoisotopic (exact) mass is 358 g/mol. The summed E-state index contributed by atoms with van der Waals surface area (Å²) in [4.78, 5) is 28.1. The molecule has 0 spiro atoms. The minimum Gasteiger partial charge on any atom is -0.477 e. The first-order valence-corrected chi connectivity index (χ1v) is 9.35. The number of benzene rings is 1. The Morgan fingerprint density at radius 3 is 2.88 bits per heavy atom. The quantitative estimate of drug-likeness (QED) is 0.851. The number of thiazole rings is 1. The van der Waals surface area contributed by atoms with Gasteiger partial charge in [0.2, 0.25) is 5.91 Å². The average Bonchev–Trinajstić information content (AvgIpc) is 2.97.